The van der Waals surface area contributed by atoms with Crippen molar-refractivity contribution in [3.8, 4) is 0 Å². The van der Waals surface area contributed by atoms with Crippen molar-refractivity contribution >= 4 is 15.9 Å². The minimum absolute atomic E-state index is 0.345. The lowest BCUT2D eigenvalue weighted by Gasteiger charge is -2.20. The molecule has 0 saturated carbocycles. The van der Waals surface area contributed by atoms with E-state index in [2.05, 4.69) is 84.5 Å². The molecule has 1 unspecified atom stereocenters. The summed E-state index contributed by atoms with van der Waals surface area (Å²) in [5, 5.41) is 3.59. The molecule has 0 saturated heterocycles. The topological polar surface area (TPSA) is 12.0 Å². The Hall–Kier alpha value is -1.12. The van der Waals surface area contributed by atoms with Gasteiger partial charge in [-0.25, -0.2) is 0 Å². The summed E-state index contributed by atoms with van der Waals surface area (Å²) in [7, 11) is 0. The van der Waals surface area contributed by atoms with E-state index in [1.807, 2.05) is 0 Å². The van der Waals surface area contributed by atoms with E-state index >= 15 is 0 Å². The molecular weight excluding hydrogens is 310 g/mol. The summed E-state index contributed by atoms with van der Waals surface area (Å²) in [6.07, 6.45) is 1.01. The summed E-state index contributed by atoms with van der Waals surface area (Å²) in [5.74, 6) is 0. The molecular formula is C18H22BrN. The van der Waals surface area contributed by atoms with E-state index in [0.717, 1.165) is 13.0 Å². The Kier molecular flexibility index (Phi) is 5.38. The Morgan fingerprint density at radius 2 is 1.65 bits per heavy atom. The van der Waals surface area contributed by atoms with E-state index in [-0.39, 0.29) is 0 Å². The molecule has 0 radical (unpaired) electrons. The Morgan fingerprint density at radius 3 is 2.25 bits per heavy atom. The van der Waals surface area contributed by atoms with Crippen LogP contribution in [0.5, 0.6) is 0 Å². The SMILES string of the molecule is CCNC(Cc1ccc(C)cc1)c1ccc(C)cc1Br. The fourth-order valence-electron chi connectivity index (χ4n) is 2.41. The van der Waals surface area contributed by atoms with Crippen LogP contribution in [0, 0.1) is 13.8 Å². The van der Waals surface area contributed by atoms with Gasteiger partial charge in [-0.1, -0.05) is 64.8 Å². The van der Waals surface area contributed by atoms with Gasteiger partial charge in [-0.15, -0.1) is 0 Å². The summed E-state index contributed by atoms with van der Waals surface area (Å²) < 4.78 is 1.19. The number of hydrogen-bond donors (Lipinski definition) is 1. The second-order valence-corrected chi connectivity index (χ2v) is 6.18. The minimum Gasteiger partial charge on any atom is -0.310 e. The van der Waals surface area contributed by atoms with Crippen molar-refractivity contribution in [2.75, 3.05) is 6.54 Å². The van der Waals surface area contributed by atoms with Gasteiger partial charge in [0.2, 0.25) is 0 Å². The third kappa shape index (κ3) is 3.94. The normalized spacial score (nSPS) is 12.4. The first-order chi connectivity index (χ1) is 9.60. The van der Waals surface area contributed by atoms with E-state index in [9.17, 15) is 0 Å². The summed E-state index contributed by atoms with van der Waals surface area (Å²) in [6.45, 7) is 7.37. The molecule has 2 aromatic carbocycles. The molecule has 2 heteroatoms. The number of rotatable bonds is 5. The van der Waals surface area contributed by atoms with Gasteiger partial charge in [0, 0.05) is 10.5 Å². The van der Waals surface area contributed by atoms with Crippen LogP contribution in [0.1, 0.15) is 35.2 Å². The van der Waals surface area contributed by atoms with E-state index < -0.39 is 0 Å². The Morgan fingerprint density at radius 1 is 1.00 bits per heavy atom. The van der Waals surface area contributed by atoms with Crippen LogP contribution in [0.4, 0.5) is 0 Å². The average Bonchev–Trinajstić information content (AvgIpc) is 2.41. The number of aryl methyl sites for hydroxylation is 2. The summed E-state index contributed by atoms with van der Waals surface area (Å²) >= 11 is 3.70. The molecule has 106 valence electrons. The van der Waals surface area contributed by atoms with E-state index in [4.69, 9.17) is 0 Å². The van der Waals surface area contributed by atoms with Gasteiger partial charge < -0.3 is 5.32 Å². The zero-order valence-electron chi connectivity index (χ0n) is 12.4. The molecule has 0 aliphatic carbocycles. The smallest absolute Gasteiger partial charge is 0.0372 e. The Bertz CT molecular complexity index is 560. The summed E-state index contributed by atoms with van der Waals surface area (Å²) in [4.78, 5) is 0. The van der Waals surface area contributed by atoms with Crippen LogP contribution in [0.15, 0.2) is 46.9 Å². The molecule has 0 heterocycles. The first-order valence-corrected chi connectivity index (χ1v) is 7.94. The second kappa shape index (κ2) is 7.05. The standard InChI is InChI=1S/C18H22BrN/c1-4-20-18(12-15-8-5-13(2)6-9-15)16-10-7-14(3)11-17(16)19/h5-11,18,20H,4,12H2,1-3H3. The quantitative estimate of drug-likeness (QED) is 0.816. The van der Waals surface area contributed by atoms with E-state index in [0.29, 0.717) is 6.04 Å². The van der Waals surface area contributed by atoms with Crippen molar-refractivity contribution in [3.05, 3.63) is 69.2 Å². The average molecular weight is 332 g/mol. The van der Waals surface area contributed by atoms with Gasteiger partial charge >= 0.3 is 0 Å². The third-order valence-electron chi connectivity index (χ3n) is 3.54. The lowest BCUT2D eigenvalue weighted by Crippen LogP contribution is -2.23. The number of benzene rings is 2. The van der Waals surface area contributed by atoms with Crippen LogP contribution in [0.3, 0.4) is 0 Å². The van der Waals surface area contributed by atoms with E-state index in [1.165, 1.54) is 26.7 Å². The molecule has 2 rings (SSSR count). The van der Waals surface area contributed by atoms with Gasteiger partial charge in [0.05, 0.1) is 0 Å². The van der Waals surface area contributed by atoms with Gasteiger partial charge in [0.1, 0.15) is 0 Å². The second-order valence-electron chi connectivity index (χ2n) is 5.32. The molecule has 0 amide bonds. The molecule has 0 aliphatic rings. The molecule has 0 fully saturated rings. The van der Waals surface area contributed by atoms with Crippen molar-refractivity contribution in [1.29, 1.82) is 0 Å². The molecule has 0 bridgehead atoms. The van der Waals surface area contributed by atoms with Crippen LogP contribution in [0.2, 0.25) is 0 Å². The highest BCUT2D eigenvalue weighted by molar-refractivity contribution is 9.10. The minimum atomic E-state index is 0.345. The van der Waals surface area contributed by atoms with Crippen molar-refractivity contribution in [1.82, 2.24) is 5.32 Å². The van der Waals surface area contributed by atoms with Gasteiger partial charge in [-0.05, 0) is 49.6 Å². The highest BCUT2D eigenvalue weighted by atomic mass is 79.9. The van der Waals surface area contributed by atoms with Crippen LogP contribution in [-0.4, -0.2) is 6.54 Å². The van der Waals surface area contributed by atoms with E-state index in [1.54, 1.807) is 0 Å². The molecule has 0 spiro atoms. The third-order valence-corrected chi connectivity index (χ3v) is 4.23. The maximum atomic E-state index is 3.70. The molecule has 0 aromatic heterocycles. The zero-order valence-corrected chi connectivity index (χ0v) is 14.0. The fraction of sp³-hybridized carbons (Fsp3) is 0.333. The largest absolute Gasteiger partial charge is 0.310 e. The van der Waals surface area contributed by atoms with Gasteiger partial charge in [-0.3, -0.25) is 0 Å². The first kappa shape index (κ1) is 15.3. The van der Waals surface area contributed by atoms with Crippen LogP contribution in [-0.2, 0) is 6.42 Å². The molecule has 2 aromatic rings. The van der Waals surface area contributed by atoms with Crippen molar-refractivity contribution in [3.63, 3.8) is 0 Å². The van der Waals surface area contributed by atoms with Gasteiger partial charge in [-0.2, -0.15) is 0 Å². The lowest BCUT2D eigenvalue weighted by atomic mass is 9.97. The van der Waals surface area contributed by atoms with Crippen molar-refractivity contribution < 1.29 is 0 Å². The zero-order chi connectivity index (χ0) is 14.5. The van der Waals surface area contributed by atoms with Crippen LogP contribution >= 0.6 is 15.9 Å². The fourth-order valence-corrected chi connectivity index (χ4v) is 3.18. The van der Waals surface area contributed by atoms with Crippen LogP contribution in [0.25, 0.3) is 0 Å². The van der Waals surface area contributed by atoms with Crippen molar-refractivity contribution in [2.24, 2.45) is 0 Å². The van der Waals surface area contributed by atoms with Crippen LogP contribution < -0.4 is 5.32 Å². The maximum Gasteiger partial charge on any atom is 0.0372 e. The van der Waals surface area contributed by atoms with Crippen molar-refractivity contribution in [2.45, 2.75) is 33.2 Å². The Labute approximate surface area is 130 Å². The first-order valence-electron chi connectivity index (χ1n) is 7.15. The number of likely N-dealkylation sites (N-methyl/N-ethyl adjacent to an activating group) is 1. The van der Waals surface area contributed by atoms with Gasteiger partial charge in [0.15, 0.2) is 0 Å². The predicted molar refractivity (Wildman–Crippen MR) is 90.2 cm³/mol. The summed E-state index contributed by atoms with van der Waals surface area (Å²) in [5.41, 5.74) is 5.29. The Balaban J connectivity index is 2.24. The number of halogens is 1. The molecule has 1 atom stereocenters. The number of hydrogen-bond acceptors (Lipinski definition) is 1. The summed E-state index contributed by atoms with van der Waals surface area (Å²) in [6, 6.07) is 15.8. The molecule has 20 heavy (non-hydrogen) atoms. The monoisotopic (exact) mass is 331 g/mol. The molecule has 1 N–H and O–H groups in total. The highest BCUT2D eigenvalue weighted by Crippen LogP contribution is 2.27. The molecule has 0 aliphatic heterocycles. The molecule has 1 nitrogen and oxygen atoms in total. The highest BCUT2D eigenvalue weighted by Gasteiger charge is 2.14. The maximum absolute atomic E-state index is 3.70. The van der Waals surface area contributed by atoms with Gasteiger partial charge in [0.25, 0.3) is 0 Å². The lowest BCUT2D eigenvalue weighted by molar-refractivity contribution is 0.548. The number of nitrogens with one attached hydrogen (secondary N) is 1. The predicted octanol–water partition coefficient (Wildman–Crippen LogP) is 4.96.